The maximum atomic E-state index is 9.49. The van der Waals surface area contributed by atoms with Crippen molar-refractivity contribution in [3.63, 3.8) is 0 Å². The second-order valence-electron chi connectivity index (χ2n) is 8.50. The van der Waals surface area contributed by atoms with Gasteiger partial charge in [0.1, 0.15) is 0 Å². The molecule has 0 spiro atoms. The molecular formula is C26H32N4OS. The number of aliphatic hydroxyl groups is 1. The first-order chi connectivity index (χ1) is 15.5. The molecule has 1 fully saturated rings. The van der Waals surface area contributed by atoms with Crippen LogP contribution in [0.15, 0.2) is 48.7 Å². The molecule has 1 aliphatic rings. The SMILES string of the molecule is CCc1cccc(C)c1-n1c(C)cc([C@H]2[C@@H](c3ccccn3)NC(=S)N2CCCO)c1C. The molecule has 4 rings (SSSR count). The average molecular weight is 449 g/mol. The minimum absolute atomic E-state index is 0.0120. The van der Waals surface area contributed by atoms with Gasteiger partial charge in [0, 0.05) is 30.7 Å². The molecule has 2 aromatic heterocycles. The number of thiocarbonyl (C=S) groups is 1. The van der Waals surface area contributed by atoms with E-state index in [2.05, 4.69) is 77.8 Å². The van der Waals surface area contributed by atoms with Crippen LogP contribution in [0.25, 0.3) is 5.69 Å². The highest BCUT2D eigenvalue weighted by Gasteiger charge is 2.41. The van der Waals surface area contributed by atoms with Crippen LogP contribution in [0, 0.1) is 20.8 Å². The lowest BCUT2D eigenvalue weighted by Gasteiger charge is -2.28. The zero-order valence-corrected chi connectivity index (χ0v) is 20.1. The number of aromatic nitrogens is 2. The molecule has 168 valence electrons. The van der Waals surface area contributed by atoms with Gasteiger partial charge in [-0.15, -0.1) is 0 Å². The van der Waals surface area contributed by atoms with Gasteiger partial charge in [-0.1, -0.05) is 31.2 Å². The Morgan fingerprint density at radius 3 is 2.62 bits per heavy atom. The molecule has 2 N–H and O–H groups in total. The lowest BCUT2D eigenvalue weighted by atomic mass is 9.96. The standard InChI is InChI=1S/C26H32N4OS/c1-5-20-11-8-10-17(2)24(20)30-18(3)16-21(19(30)4)25-23(22-12-6-7-13-27-22)28-26(32)29(25)14-9-15-31/h6-8,10-13,16,23,25,31H,5,9,14-15H2,1-4H3,(H,28,32)/t23-,25+/m1/s1. The van der Waals surface area contributed by atoms with Crippen LogP contribution in [0.3, 0.4) is 0 Å². The molecule has 2 atom stereocenters. The highest BCUT2D eigenvalue weighted by molar-refractivity contribution is 7.80. The third-order valence-corrected chi connectivity index (χ3v) is 6.82. The summed E-state index contributed by atoms with van der Waals surface area (Å²) in [4.78, 5) is 6.86. The van der Waals surface area contributed by atoms with Crippen LogP contribution in [0.5, 0.6) is 0 Å². The number of nitrogens with zero attached hydrogens (tertiary/aromatic N) is 3. The van der Waals surface area contributed by atoms with E-state index < -0.39 is 0 Å². The van der Waals surface area contributed by atoms with Crippen LogP contribution in [0.1, 0.15) is 59.2 Å². The molecule has 0 bridgehead atoms. The first kappa shape index (κ1) is 22.5. The zero-order valence-electron chi connectivity index (χ0n) is 19.3. The molecule has 0 radical (unpaired) electrons. The Morgan fingerprint density at radius 1 is 1.12 bits per heavy atom. The third kappa shape index (κ3) is 3.93. The van der Waals surface area contributed by atoms with Crippen LogP contribution >= 0.6 is 12.2 Å². The molecule has 0 unspecified atom stereocenters. The molecule has 1 aliphatic heterocycles. The molecule has 3 aromatic rings. The predicted molar refractivity (Wildman–Crippen MR) is 133 cm³/mol. The first-order valence-electron chi connectivity index (χ1n) is 11.3. The quantitative estimate of drug-likeness (QED) is 0.513. The summed E-state index contributed by atoms with van der Waals surface area (Å²) in [6.07, 6.45) is 3.49. The molecule has 1 saturated heterocycles. The van der Waals surface area contributed by atoms with Crippen LogP contribution in [0.4, 0.5) is 0 Å². The Labute approximate surface area is 196 Å². The van der Waals surface area contributed by atoms with E-state index in [1.54, 1.807) is 0 Å². The highest BCUT2D eigenvalue weighted by Crippen LogP contribution is 2.41. The molecule has 1 aromatic carbocycles. The molecule has 32 heavy (non-hydrogen) atoms. The smallest absolute Gasteiger partial charge is 0.170 e. The van der Waals surface area contributed by atoms with Gasteiger partial charge < -0.3 is 19.9 Å². The van der Waals surface area contributed by atoms with Crippen molar-refractivity contribution in [3.05, 3.63) is 82.4 Å². The van der Waals surface area contributed by atoms with Gasteiger partial charge in [0.05, 0.1) is 23.5 Å². The van der Waals surface area contributed by atoms with Crippen molar-refractivity contribution < 1.29 is 5.11 Å². The van der Waals surface area contributed by atoms with Crippen molar-refractivity contribution in [3.8, 4) is 5.69 Å². The van der Waals surface area contributed by atoms with Crippen molar-refractivity contribution in [1.82, 2.24) is 19.8 Å². The molecule has 0 aliphatic carbocycles. The van der Waals surface area contributed by atoms with Crippen molar-refractivity contribution in [1.29, 1.82) is 0 Å². The topological polar surface area (TPSA) is 53.3 Å². The highest BCUT2D eigenvalue weighted by atomic mass is 32.1. The van der Waals surface area contributed by atoms with Crippen LogP contribution in [-0.2, 0) is 6.42 Å². The van der Waals surface area contributed by atoms with E-state index in [4.69, 9.17) is 12.2 Å². The van der Waals surface area contributed by atoms with Gasteiger partial charge >= 0.3 is 0 Å². The molecular weight excluding hydrogens is 416 g/mol. The van der Waals surface area contributed by atoms with Crippen molar-refractivity contribution in [2.45, 2.75) is 52.6 Å². The molecule has 5 nitrogen and oxygen atoms in total. The van der Waals surface area contributed by atoms with Gasteiger partial charge in [0.15, 0.2) is 5.11 Å². The number of nitrogens with one attached hydrogen (secondary N) is 1. The summed E-state index contributed by atoms with van der Waals surface area (Å²) in [5.41, 5.74) is 8.54. The molecule has 6 heteroatoms. The minimum atomic E-state index is -0.0427. The minimum Gasteiger partial charge on any atom is -0.396 e. The summed E-state index contributed by atoms with van der Waals surface area (Å²) >= 11 is 5.74. The Kier molecular flexibility index (Phi) is 6.63. The maximum Gasteiger partial charge on any atom is 0.170 e. The Balaban J connectivity index is 1.86. The van der Waals surface area contributed by atoms with E-state index in [1.165, 1.54) is 33.8 Å². The van der Waals surface area contributed by atoms with E-state index in [-0.39, 0.29) is 18.7 Å². The lowest BCUT2D eigenvalue weighted by molar-refractivity contribution is 0.247. The van der Waals surface area contributed by atoms with Crippen LogP contribution in [0.2, 0.25) is 0 Å². The number of rotatable bonds is 7. The second kappa shape index (κ2) is 9.43. The summed E-state index contributed by atoms with van der Waals surface area (Å²) < 4.78 is 2.39. The molecule has 3 heterocycles. The van der Waals surface area contributed by atoms with E-state index in [0.29, 0.717) is 18.1 Å². The molecule has 0 saturated carbocycles. The maximum absolute atomic E-state index is 9.49. The van der Waals surface area contributed by atoms with E-state index >= 15 is 0 Å². The average Bonchev–Trinajstić information content (AvgIpc) is 3.27. The van der Waals surface area contributed by atoms with Gasteiger partial charge in [0.25, 0.3) is 0 Å². The fraction of sp³-hybridized carbons (Fsp3) is 0.385. The van der Waals surface area contributed by atoms with Crippen molar-refractivity contribution in [2.24, 2.45) is 0 Å². The Hall–Kier alpha value is -2.70. The van der Waals surface area contributed by atoms with E-state index in [1.807, 2.05) is 18.3 Å². The van der Waals surface area contributed by atoms with Crippen LogP contribution in [-0.4, -0.2) is 37.8 Å². The summed E-state index contributed by atoms with van der Waals surface area (Å²) in [6.45, 7) is 9.61. The third-order valence-electron chi connectivity index (χ3n) is 6.47. The largest absolute Gasteiger partial charge is 0.396 e. The second-order valence-corrected chi connectivity index (χ2v) is 8.88. The fourth-order valence-corrected chi connectivity index (χ4v) is 5.31. The van der Waals surface area contributed by atoms with Crippen molar-refractivity contribution >= 4 is 17.3 Å². The van der Waals surface area contributed by atoms with Gasteiger partial charge in [-0.25, -0.2) is 0 Å². The van der Waals surface area contributed by atoms with Gasteiger partial charge in [-0.3, -0.25) is 4.98 Å². The lowest BCUT2D eigenvalue weighted by Crippen LogP contribution is -2.31. The first-order valence-corrected chi connectivity index (χ1v) is 11.7. The number of hydrogen-bond acceptors (Lipinski definition) is 3. The number of hydrogen-bond donors (Lipinski definition) is 2. The summed E-state index contributed by atoms with van der Waals surface area (Å²) in [5.74, 6) is 0. The number of benzene rings is 1. The summed E-state index contributed by atoms with van der Waals surface area (Å²) in [5, 5.41) is 13.7. The monoisotopic (exact) mass is 448 g/mol. The van der Waals surface area contributed by atoms with E-state index in [0.717, 1.165) is 12.1 Å². The van der Waals surface area contributed by atoms with Crippen molar-refractivity contribution in [2.75, 3.05) is 13.2 Å². The predicted octanol–water partition coefficient (Wildman–Crippen LogP) is 4.71. The zero-order chi connectivity index (χ0) is 22.8. The molecule has 0 amide bonds. The van der Waals surface area contributed by atoms with Crippen LogP contribution < -0.4 is 5.32 Å². The number of para-hydroxylation sites is 1. The fourth-order valence-electron chi connectivity index (χ4n) is 4.98. The Bertz CT molecular complexity index is 1110. The van der Waals surface area contributed by atoms with Gasteiger partial charge in [-0.05, 0) is 80.7 Å². The Morgan fingerprint density at radius 2 is 1.94 bits per heavy atom. The summed E-state index contributed by atoms with van der Waals surface area (Å²) in [6, 6.07) is 14.8. The normalized spacial score (nSPS) is 18.3. The number of aliphatic hydroxyl groups excluding tert-OH is 1. The summed E-state index contributed by atoms with van der Waals surface area (Å²) in [7, 11) is 0. The van der Waals surface area contributed by atoms with E-state index in [9.17, 15) is 5.11 Å². The number of pyridine rings is 1. The van der Waals surface area contributed by atoms with Gasteiger partial charge in [0.2, 0.25) is 0 Å². The number of aryl methyl sites for hydroxylation is 3. The van der Waals surface area contributed by atoms with Gasteiger partial charge in [-0.2, -0.15) is 0 Å².